The van der Waals surface area contributed by atoms with Gasteiger partial charge in [0.1, 0.15) is 12.4 Å². The molecule has 0 saturated heterocycles. The van der Waals surface area contributed by atoms with Crippen LogP contribution in [0.25, 0.3) is 0 Å². The number of carbonyl (C=O) groups is 1. The van der Waals surface area contributed by atoms with Gasteiger partial charge >= 0.3 is 0 Å². The average Bonchev–Trinajstić information content (AvgIpc) is 2.52. The first-order valence-electron chi connectivity index (χ1n) is 6.13. The van der Waals surface area contributed by atoms with Gasteiger partial charge in [0.05, 0.1) is 0 Å². The SMILES string of the molecule is C#CCOc1ccc(C(=O)NCc2cccnc2)cc1. The Kier molecular flexibility index (Phi) is 4.74. The summed E-state index contributed by atoms with van der Waals surface area (Å²) < 4.78 is 5.24. The number of ether oxygens (including phenoxy) is 1. The van der Waals surface area contributed by atoms with E-state index in [-0.39, 0.29) is 12.5 Å². The van der Waals surface area contributed by atoms with Crippen LogP contribution in [-0.2, 0) is 6.54 Å². The number of hydrogen-bond acceptors (Lipinski definition) is 3. The van der Waals surface area contributed by atoms with Crippen LogP contribution in [0.3, 0.4) is 0 Å². The van der Waals surface area contributed by atoms with Crippen LogP contribution in [0.15, 0.2) is 48.8 Å². The number of nitrogens with one attached hydrogen (secondary N) is 1. The molecule has 1 N–H and O–H groups in total. The van der Waals surface area contributed by atoms with E-state index in [0.29, 0.717) is 17.9 Å². The molecule has 1 aromatic heterocycles. The highest BCUT2D eigenvalue weighted by Crippen LogP contribution is 2.12. The van der Waals surface area contributed by atoms with Gasteiger partial charge < -0.3 is 10.1 Å². The number of carbonyl (C=O) groups excluding carboxylic acids is 1. The molecule has 0 atom stereocenters. The summed E-state index contributed by atoms with van der Waals surface area (Å²) in [5.74, 6) is 2.89. The van der Waals surface area contributed by atoms with E-state index in [2.05, 4.69) is 16.2 Å². The van der Waals surface area contributed by atoms with Gasteiger partial charge in [-0.25, -0.2) is 0 Å². The van der Waals surface area contributed by atoms with Crippen LogP contribution in [-0.4, -0.2) is 17.5 Å². The largest absolute Gasteiger partial charge is 0.481 e. The van der Waals surface area contributed by atoms with Gasteiger partial charge in [0.15, 0.2) is 0 Å². The van der Waals surface area contributed by atoms with E-state index in [9.17, 15) is 4.79 Å². The van der Waals surface area contributed by atoms with Gasteiger partial charge in [0.2, 0.25) is 0 Å². The molecule has 1 amide bonds. The molecule has 1 aromatic carbocycles. The van der Waals surface area contributed by atoms with Gasteiger partial charge in [0.25, 0.3) is 5.91 Å². The van der Waals surface area contributed by atoms with E-state index in [1.165, 1.54) is 0 Å². The van der Waals surface area contributed by atoms with Crippen LogP contribution in [0.5, 0.6) is 5.75 Å². The summed E-state index contributed by atoms with van der Waals surface area (Å²) in [7, 11) is 0. The maximum Gasteiger partial charge on any atom is 0.251 e. The first-order chi connectivity index (χ1) is 9.79. The molecule has 0 saturated carbocycles. The van der Waals surface area contributed by atoms with Crippen molar-refractivity contribution in [1.29, 1.82) is 0 Å². The first-order valence-corrected chi connectivity index (χ1v) is 6.13. The van der Waals surface area contributed by atoms with Gasteiger partial charge in [-0.15, -0.1) is 6.42 Å². The van der Waals surface area contributed by atoms with Crippen molar-refractivity contribution in [2.75, 3.05) is 6.61 Å². The summed E-state index contributed by atoms with van der Waals surface area (Å²) >= 11 is 0. The van der Waals surface area contributed by atoms with Gasteiger partial charge in [-0.3, -0.25) is 9.78 Å². The molecule has 0 aliphatic carbocycles. The summed E-state index contributed by atoms with van der Waals surface area (Å²) in [6, 6.07) is 10.6. The third-order valence-corrected chi connectivity index (χ3v) is 2.61. The average molecular weight is 266 g/mol. The highest BCUT2D eigenvalue weighted by atomic mass is 16.5. The molecule has 0 spiro atoms. The van der Waals surface area contributed by atoms with Crippen LogP contribution in [0.1, 0.15) is 15.9 Å². The maximum atomic E-state index is 11.9. The summed E-state index contributed by atoms with van der Waals surface area (Å²) in [6.45, 7) is 0.661. The summed E-state index contributed by atoms with van der Waals surface area (Å²) in [4.78, 5) is 15.9. The summed E-state index contributed by atoms with van der Waals surface area (Å²) in [6.07, 6.45) is 8.52. The van der Waals surface area contributed by atoms with Crippen molar-refractivity contribution in [3.05, 3.63) is 59.9 Å². The lowest BCUT2D eigenvalue weighted by Crippen LogP contribution is -2.22. The molecule has 0 aliphatic heterocycles. The molecular weight excluding hydrogens is 252 g/mol. The van der Waals surface area contributed by atoms with E-state index < -0.39 is 0 Å². The van der Waals surface area contributed by atoms with Crippen molar-refractivity contribution in [3.8, 4) is 18.1 Å². The summed E-state index contributed by atoms with van der Waals surface area (Å²) in [5.41, 5.74) is 1.52. The van der Waals surface area contributed by atoms with E-state index in [1.807, 2.05) is 12.1 Å². The molecule has 0 bridgehead atoms. The Labute approximate surface area is 117 Å². The number of terminal acetylenes is 1. The Morgan fingerprint density at radius 1 is 1.30 bits per heavy atom. The standard InChI is InChI=1S/C16H14N2O2/c1-2-10-20-15-7-5-14(6-8-15)16(19)18-12-13-4-3-9-17-11-13/h1,3-9,11H,10,12H2,(H,18,19). The number of pyridine rings is 1. The molecule has 100 valence electrons. The van der Waals surface area contributed by atoms with E-state index in [1.54, 1.807) is 36.7 Å². The minimum absolute atomic E-state index is 0.141. The molecule has 2 aromatic rings. The van der Waals surface area contributed by atoms with E-state index in [0.717, 1.165) is 5.56 Å². The number of benzene rings is 1. The zero-order valence-corrected chi connectivity index (χ0v) is 10.9. The second-order valence-electron chi connectivity index (χ2n) is 4.06. The minimum Gasteiger partial charge on any atom is -0.481 e. The van der Waals surface area contributed by atoms with Crippen LogP contribution >= 0.6 is 0 Å². The minimum atomic E-state index is -0.141. The zero-order chi connectivity index (χ0) is 14.2. The smallest absolute Gasteiger partial charge is 0.251 e. The Balaban J connectivity index is 1.91. The molecule has 0 unspecified atom stereocenters. The van der Waals surface area contributed by atoms with Crippen molar-refractivity contribution >= 4 is 5.91 Å². The quantitative estimate of drug-likeness (QED) is 0.842. The Hall–Kier alpha value is -2.80. The number of rotatable bonds is 5. The van der Waals surface area contributed by atoms with E-state index in [4.69, 9.17) is 11.2 Å². The fourth-order valence-corrected chi connectivity index (χ4v) is 1.61. The maximum absolute atomic E-state index is 11.9. The predicted molar refractivity (Wildman–Crippen MR) is 76.2 cm³/mol. The fourth-order valence-electron chi connectivity index (χ4n) is 1.61. The number of hydrogen-bond donors (Lipinski definition) is 1. The van der Waals surface area contributed by atoms with Crippen LogP contribution in [0.4, 0.5) is 0 Å². The molecule has 0 fully saturated rings. The van der Waals surface area contributed by atoms with Gasteiger partial charge in [-0.05, 0) is 35.9 Å². The lowest BCUT2D eigenvalue weighted by Gasteiger charge is -2.06. The van der Waals surface area contributed by atoms with E-state index >= 15 is 0 Å². The number of aromatic nitrogens is 1. The van der Waals surface area contributed by atoms with Crippen LogP contribution in [0, 0.1) is 12.3 Å². The Morgan fingerprint density at radius 3 is 2.75 bits per heavy atom. The highest BCUT2D eigenvalue weighted by molar-refractivity contribution is 5.94. The van der Waals surface area contributed by atoms with Crippen molar-refractivity contribution in [2.24, 2.45) is 0 Å². The Morgan fingerprint density at radius 2 is 2.10 bits per heavy atom. The Bertz CT molecular complexity index is 601. The molecule has 0 radical (unpaired) electrons. The third kappa shape index (κ3) is 3.85. The van der Waals surface area contributed by atoms with Gasteiger partial charge in [-0.1, -0.05) is 12.0 Å². The van der Waals surface area contributed by atoms with Crippen molar-refractivity contribution in [2.45, 2.75) is 6.54 Å². The van der Waals surface area contributed by atoms with Crippen molar-refractivity contribution in [1.82, 2.24) is 10.3 Å². The molecule has 1 heterocycles. The molecule has 4 heteroatoms. The number of amides is 1. The molecule has 0 aliphatic rings. The highest BCUT2D eigenvalue weighted by Gasteiger charge is 2.05. The second kappa shape index (κ2) is 6.95. The topological polar surface area (TPSA) is 51.2 Å². The van der Waals surface area contributed by atoms with Gasteiger partial charge in [0, 0.05) is 24.5 Å². The van der Waals surface area contributed by atoms with Crippen LogP contribution in [0.2, 0.25) is 0 Å². The molecule has 2 rings (SSSR count). The third-order valence-electron chi connectivity index (χ3n) is 2.61. The predicted octanol–water partition coefficient (Wildman–Crippen LogP) is 2.02. The first kappa shape index (κ1) is 13.6. The molecular formula is C16H14N2O2. The van der Waals surface area contributed by atoms with Crippen molar-refractivity contribution < 1.29 is 9.53 Å². The monoisotopic (exact) mass is 266 g/mol. The number of nitrogens with zero attached hydrogens (tertiary/aromatic N) is 1. The lowest BCUT2D eigenvalue weighted by atomic mass is 10.2. The van der Waals surface area contributed by atoms with Crippen molar-refractivity contribution in [3.63, 3.8) is 0 Å². The molecule has 4 nitrogen and oxygen atoms in total. The second-order valence-corrected chi connectivity index (χ2v) is 4.06. The zero-order valence-electron chi connectivity index (χ0n) is 10.9. The summed E-state index contributed by atoms with van der Waals surface area (Å²) in [5, 5.41) is 2.83. The van der Waals surface area contributed by atoms with Crippen LogP contribution < -0.4 is 10.1 Å². The molecule has 20 heavy (non-hydrogen) atoms. The normalized spacial score (nSPS) is 9.55. The van der Waals surface area contributed by atoms with Gasteiger partial charge in [-0.2, -0.15) is 0 Å². The fraction of sp³-hybridized carbons (Fsp3) is 0.125. The lowest BCUT2D eigenvalue weighted by molar-refractivity contribution is 0.0951.